The fourth-order valence-corrected chi connectivity index (χ4v) is 5.26. The van der Waals surface area contributed by atoms with Crippen LogP contribution in [0.5, 0.6) is 0 Å². The van der Waals surface area contributed by atoms with Crippen LogP contribution in [0.4, 0.5) is 0 Å². The quantitative estimate of drug-likeness (QED) is 0.104. The first kappa shape index (κ1) is 27.4. The summed E-state index contributed by atoms with van der Waals surface area (Å²) in [5, 5.41) is 43.3. The van der Waals surface area contributed by atoms with Crippen LogP contribution >= 0.6 is 12.3 Å². The number of rotatable bonds is 13. The third-order valence-corrected chi connectivity index (χ3v) is 6.85. The number of hydrogen-bond donors (Lipinski definition) is 4. The van der Waals surface area contributed by atoms with E-state index < -0.39 is 54.7 Å². The summed E-state index contributed by atoms with van der Waals surface area (Å²) in [6.07, 6.45) is -4.68. The van der Waals surface area contributed by atoms with E-state index in [0.717, 1.165) is 0 Å². The van der Waals surface area contributed by atoms with Crippen LogP contribution in [0.3, 0.4) is 0 Å². The molecular formula is C19H34O13S. The average molecular weight is 503 g/mol. The second kappa shape index (κ2) is 12.7. The van der Waals surface area contributed by atoms with Gasteiger partial charge in [-0.15, -0.1) is 4.33 Å². The largest absolute Gasteiger partial charge is 0.393 e. The van der Waals surface area contributed by atoms with Crippen molar-refractivity contribution < 1.29 is 62.6 Å². The minimum atomic E-state index is -1.23. The lowest BCUT2D eigenvalue weighted by Gasteiger charge is -2.49. The van der Waals surface area contributed by atoms with Crippen molar-refractivity contribution in [3.8, 4) is 0 Å². The van der Waals surface area contributed by atoms with Crippen LogP contribution in [0, 0.1) is 11.8 Å². The molecular weight excluding hydrogens is 468 g/mol. The Hall–Kier alpha value is -0.170. The lowest BCUT2D eigenvalue weighted by Crippen LogP contribution is -2.64. The molecule has 3 heterocycles. The van der Waals surface area contributed by atoms with Crippen LogP contribution in [0.2, 0.25) is 0 Å². The summed E-state index contributed by atoms with van der Waals surface area (Å²) in [5.41, 5.74) is -1.23. The molecule has 3 rings (SSSR count). The second-order valence-electron chi connectivity index (χ2n) is 8.62. The lowest BCUT2D eigenvalue weighted by molar-refractivity contribution is -0.435. The molecule has 0 amide bonds. The molecule has 13 nitrogen and oxygen atoms in total. The highest BCUT2D eigenvalue weighted by atomic mass is 32.2. The van der Waals surface area contributed by atoms with Crippen molar-refractivity contribution in [1.29, 1.82) is 0 Å². The van der Waals surface area contributed by atoms with E-state index >= 15 is 0 Å². The fraction of sp³-hybridized carbons (Fsp3) is 1.00. The van der Waals surface area contributed by atoms with E-state index in [2.05, 4.69) is 9.37 Å². The summed E-state index contributed by atoms with van der Waals surface area (Å²) in [6, 6.07) is 0. The van der Waals surface area contributed by atoms with Gasteiger partial charge < -0.3 is 43.7 Å². The standard InChI is InChI=1S/C19H34O13S/c1-19(9-20)18(30-33-32-31-23)11(4-24-2)15(21)14(29-19)7-26-5-10-12-8-27-17(10)16(22)13(28-12)6-25-3/h10-18,20-23H,4-9H2,1-3H3/t10-,11-,12?,13+,14-,15?,16+,17?,18-,19?/m0/s1. The summed E-state index contributed by atoms with van der Waals surface area (Å²) in [6.45, 7) is 2.15. The highest BCUT2D eigenvalue weighted by Crippen LogP contribution is 2.39. The average Bonchev–Trinajstić information content (AvgIpc) is 3.12. The van der Waals surface area contributed by atoms with Gasteiger partial charge in [-0.3, -0.25) is 4.18 Å². The smallest absolute Gasteiger partial charge is 0.198 e. The highest BCUT2D eigenvalue weighted by Gasteiger charge is 2.54. The maximum atomic E-state index is 10.9. The molecule has 10 atom stereocenters. The first-order chi connectivity index (χ1) is 15.9. The summed E-state index contributed by atoms with van der Waals surface area (Å²) in [7, 11) is 3.02. The summed E-state index contributed by atoms with van der Waals surface area (Å²) < 4.78 is 43.5. The predicted octanol–water partition coefficient (Wildman–Crippen LogP) is -1.06. The van der Waals surface area contributed by atoms with Gasteiger partial charge in [0, 0.05) is 26.1 Å². The SMILES string of the molecule is COC[C@H]1OC2COC([C@H]2COC[C@@H]2OC(C)(CO)[C@@H](OSOOO)[C@@H](COC)C2O)[C@@H]1O. The van der Waals surface area contributed by atoms with Crippen molar-refractivity contribution >= 4 is 12.3 Å². The van der Waals surface area contributed by atoms with E-state index in [1.807, 2.05) is 0 Å². The first-order valence-electron chi connectivity index (χ1n) is 10.7. The molecule has 4 unspecified atom stereocenters. The van der Waals surface area contributed by atoms with E-state index in [4.69, 9.17) is 37.9 Å². The molecule has 4 N–H and O–H groups in total. The topological polar surface area (TPSA) is 164 Å². The van der Waals surface area contributed by atoms with Crippen molar-refractivity contribution in [2.24, 2.45) is 11.8 Å². The van der Waals surface area contributed by atoms with Crippen LogP contribution in [0.25, 0.3) is 0 Å². The van der Waals surface area contributed by atoms with Crippen LogP contribution < -0.4 is 0 Å². The third kappa shape index (κ3) is 6.16. The van der Waals surface area contributed by atoms with Gasteiger partial charge in [0.15, 0.2) is 12.3 Å². The number of aliphatic hydroxyl groups excluding tert-OH is 3. The Balaban J connectivity index is 1.59. The Morgan fingerprint density at radius 1 is 1.00 bits per heavy atom. The molecule has 2 bridgehead atoms. The van der Waals surface area contributed by atoms with E-state index in [1.165, 1.54) is 7.11 Å². The van der Waals surface area contributed by atoms with Gasteiger partial charge in [-0.05, 0) is 6.92 Å². The Bertz CT molecular complexity index is 588. The molecule has 0 aliphatic carbocycles. The van der Waals surface area contributed by atoms with E-state index in [1.54, 1.807) is 14.0 Å². The van der Waals surface area contributed by atoms with Gasteiger partial charge in [0.2, 0.25) is 0 Å². The Labute approximate surface area is 196 Å². The molecule has 14 heteroatoms. The zero-order valence-corrected chi connectivity index (χ0v) is 19.6. The van der Waals surface area contributed by atoms with Gasteiger partial charge in [0.1, 0.15) is 30.0 Å². The molecule has 0 radical (unpaired) electrons. The summed E-state index contributed by atoms with van der Waals surface area (Å²) in [5.74, 6) is -0.797. The normalized spacial score (nSPS) is 43.2. The molecule has 3 saturated heterocycles. The molecule has 0 saturated carbocycles. The number of ether oxygens (including phenoxy) is 6. The maximum absolute atomic E-state index is 10.9. The van der Waals surface area contributed by atoms with Gasteiger partial charge in [-0.25, -0.2) is 5.26 Å². The number of hydrogen-bond acceptors (Lipinski definition) is 14. The monoisotopic (exact) mass is 502 g/mol. The number of aliphatic hydroxyl groups is 3. The van der Waals surface area contributed by atoms with Gasteiger partial charge in [-0.2, -0.15) is 0 Å². The summed E-state index contributed by atoms with van der Waals surface area (Å²) >= 11 is 0.336. The van der Waals surface area contributed by atoms with E-state index in [0.29, 0.717) is 18.9 Å². The van der Waals surface area contributed by atoms with Crippen molar-refractivity contribution in [1.82, 2.24) is 0 Å². The van der Waals surface area contributed by atoms with Crippen molar-refractivity contribution in [3.05, 3.63) is 0 Å². The van der Waals surface area contributed by atoms with Crippen molar-refractivity contribution in [2.75, 3.05) is 53.9 Å². The summed E-state index contributed by atoms with van der Waals surface area (Å²) in [4.78, 5) is 0. The van der Waals surface area contributed by atoms with Crippen LogP contribution in [-0.2, 0) is 42.0 Å². The van der Waals surface area contributed by atoms with Gasteiger partial charge >= 0.3 is 0 Å². The fourth-order valence-electron chi connectivity index (χ4n) is 4.77. The van der Waals surface area contributed by atoms with E-state index in [9.17, 15) is 15.3 Å². The van der Waals surface area contributed by atoms with Crippen LogP contribution in [0.15, 0.2) is 0 Å². The Kier molecular flexibility index (Phi) is 10.5. The van der Waals surface area contributed by atoms with Gasteiger partial charge in [0.05, 0.1) is 58.0 Å². The molecule has 3 fully saturated rings. The zero-order valence-electron chi connectivity index (χ0n) is 18.8. The minimum Gasteiger partial charge on any atom is -0.393 e. The molecule has 3 aliphatic heterocycles. The molecule has 0 aromatic heterocycles. The zero-order chi connectivity index (χ0) is 24.0. The maximum Gasteiger partial charge on any atom is 0.198 e. The first-order valence-corrected chi connectivity index (χ1v) is 11.3. The van der Waals surface area contributed by atoms with Crippen LogP contribution in [-0.4, -0.2) is 123 Å². The molecule has 194 valence electrons. The molecule has 3 aliphatic rings. The third-order valence-electron chi connectivity index (χ3n) is 6.45. The lowest BCUT2D eigenvalue weighted by atomic mass is 9.80. The minimum absolute atomic E-state index is 0.0145. The molecule has 0 aromatic rings. The van der Waals surface area contributed by atoms with Crippen LogP contribution in [0.1, 0.15) is 6.92 Å². The van der Waals surface area contributed by atoms with E-state index in [-0.39, 0.29) is 38.4 Å². The molecule has 33 heavy (non-hydrogen) atoms. The highest BCUT2D eigenvalue weighted by molar-refractivity contribution is 7.89. The Morgan fingerprint density at radius 2 is 1.76 bits per heavy atom. The predicted molar refractivity (Wildman–Crippen MR) is 110 cm³/mol. The van der Waals surface area contributed by atoms with Crippen molar-refractivity contribution in [2.45, 2.75) is 55.3 Å². The van der Waals surface area contributed by atoms with Gasteiger partial charge in [0.25, 0.3) is 0 Å². The van der Waals surface area contributed by atoms with Crippen molar-refractivity contribution in [3.63, 3.8) is 0 Å². The number of methoxy groups -OCH3 is 2. The second-order valence-corrected chi connectivity index (χ2v) is 9.09. The van der Waals surface area contributed by atoms with Gasteiger partial charge in [-0.1, -0.05) is 5.04 Å². The molecule has 0 spiro atoms. The number of fused-ring (bicyclic) bond motifs is 2. The molecule has 0 aromatic carbocycles. The Morgan fingerprint density at radius 3 is 2.42 bits per heavy atom.